The van der Waals surface area contributed by atoms with Crippen molar-refractivity contribution in [2.45, 2.75) is 20.8 Å². The first-order valence-electron chi connectivity index (χ1n) is 6.52. The number of amides is 1. The summed E-state index contributed by atoms with van der Waals surface area (Å²) in [6.45, 7) is 6.22. The molecule has 1 aromatic carbocycles. The first kappa shape index (κ1) is 14.8. The van der Waals surface area contributed by atoms with E-state index in [0.29, 0.717) is 17.1 Å². The molecule has 0 aliphatic heterocycles. The van der Waals surface area contributed by atoms with Crippen molar-refractivity contribution in [3.05, 3.63) is 28.6 Å². The SMILES string of the molecule is Cc1ccc2sc(C(=O)NCC(C)(C)CO)c(N)c2c1. The summed E-state index contributed by atoms with van der Waals surface area (Å²) in [4.78, 5) is 12.8. The summed E-state index contributed by atoms with van der Waals surface area (Å²) in [5.41, 5.74) is 7.40. The zero-order valence-corrected chi connectivity index (χ0v) is 12.8. The molecule has 0 aliphatic carbocycles. The highest BCUT2D eigenvalue weighted by Crippen LogP contribution is 2.34. The Kier molecular flexibility index (Phi) is 4.01. The molecule has 1 amide bonds. The molecular weight excluding hydrogens is 272 g/mol. The molecule has 0 spiro atoms. The molecular formula is C15H20N2O2S. The van der Waals surface area contributed by atoms with Crippen LogP contribution in [-0.4, -0.2) is 24.2 Å². The lowest BCUT2D eigenvalue weighted by Crippen LogP contribution is -2.35. The molecule has 0 fully saturated rings. The standard InChI is InChI=1S/C15H20N2O2S/c1-9-4-5-11-10(6-9)12(16)13(20-11)14(19)17-7-15(2,3)8-18/h4-6,18H,7-8,16H2,1-3H3,(H,17,19). The quantitative estimate of drug-likeness (QED) is 0.810. The van der Waals surface area contributed by atoms with E-state index in [1.165, 1.54) is 11.3 Å². The number of rotatable bonds is 4. The minimum Gasteiger partial charge on any atom is -0.397 e. The van der Waals surface area contributed by atoms with E-state index >= 15 is 0 Å². The number of hydrogen-bond acceptors (Lipinski definition) is 4. The summed E-state index contributed by atoms with van der Waals surface area (Å²) in [5, 5.41) is 13.0. The van der Waals surface area contributed by atoms with E-state index in [-0.39, 0.29) is 17.9 Å². The van der Waals surface area contributed by atoms with Gasteiger partial charge in [-0.15, -0.1) is 11.3 Å². The fourth-order valence-electron chi connectivity index (χ4n) is 1.85. The Hall–Kier alpha value is -1.59. The minimum absolute atomic E-state index is 0.0222. The third kappa shape index (κ3) is 2.94. The maximum absolute atomic E-state index is 12.2. The highest BCUT2D eigenvalue weighted by molar-refractivity contribution is 7.21. The van der Waals surface area contributed by atoms with Crippen LogP contribution in [0.15, 0.2) is 18.2 Å². The number of aliphatic hydroxyl groups is 1. The molecule has 0 bridgehead atoms. The Morgan fingerprint density at radius 1 is 1.45 bits per heavy atom. The van der Waals surface area contributed by atoms with E-state index in [9.17, 15) is 9.90 Å². The second-order valence-corrected chi connectivity index (χ2v) is 6.90. The number of aryl methyl sites for hydroxylation is 1. The van der Waals surface area contributed by atoms with Crippen LogP contribution in [0.1, 0.15) is 29.1 Å². The lowest BCUT2D eigenvalue weighted by molar-refractivity contribution is 0.0916. The molecule has 1 heterocycles. The van der Waals surface area contributed by atoms with Crippen LogP contribution in [0.2, 0.25) is 0 Å². The summed E-state index contributed by atoms with van der Waals surface area (Å²) >= 11 is 1.40. The van der Waals surface area contributed by atoms with E-state index in [1.807, 2.05) is 39.0 Å². The minimum atomic E-state index is -0.336. The Labute approximate surface area is 122 Å². The number of nitrogens with one attached hydrogen (secondary N) is 1. The predicted molar refractivity (Wildman–Crippen MR) is 84.2 cm³/mol. The van der Waals surface area contributed by atoms with Crippen molar-refractivity contribution >= 4 is 33.0 Å². The molecule has 0 unspecified atom stereocenters. The van der Waals surface area contributed by atoms with E-state index in [1.54, 1.807) is 0 Å². The van der Waals surface area contributed by atoms with Gasteiger partial charge in [-0.1, -0.05) is 25.5 Å². The van der Waals surface area contributed by atoms with Gasteiger partial charge in [-0.25, -0.2) is 0 Å². The zero-order chi connectivity index (χ0) is 14.9. The average molecular weight is 292 g/mol. The average Bonchev–Trinajstić information content (AvgIpc) is 2.74. The third-order valence-corrected chi connectivity index (χ3v) is 4.43. The van der Waals surface area contributed by atoms with Crippen molar-refractivity contribution in [1.29, 1.82) is 0 Å². The van der Waals surface area contributed by atoms with Crippen molar-refractivity contribution < 1.29 is 9.90 Å². The van der Waals surface area contributed by atoms with Crippen LogP contribution in [-0.2, 0) is 0 Å². The number of anilines is 1. The number of nitrogens with two attached hydrogens (primary N) is 1. The molecule has 0 radical (unpaired) electrons. The topological polar surface area (TPSA) is 75.3 Å². The number of nitrogen functional groups attached to an aromatic ring is 1. The van der Waals surface area contributed by atoms with Gasteiger partial charge < -0.3 is 16.2 Å². The van der Waals surface area contributed by atoms with E-state index in [0.717, 1.165) is 15.6 Å². The lowest BCUT2D eigenvalue weighted by Gasteiger charge is -2.21. The van der Waals surface area contributed by atoms with Crippen LogP contribution in [0.3, 0.4) is 0 Å². The van der Waals surface area contributed by atoms with E-state index in [4.69, 9.17) is 5.73 Å². The Bertz CT molecular complexity index is 647. The first-order valence-corrected chi connectivity index (χ1v) is 7.33. The van der Waals surface area contributed by atoms with Crippen LogP contribution in [0.4, 0.5) is 5.69 Å². The fraction of sp³-hybridized carbons (Fsp3) is 0.400. The van der Waals surface area contributed by atoms with Crippen molar-refractivity contribution in [2.75, 3.05) is 18.9 Å². The van der Waals surface area contributed by atoms with Crippen LogP contribution in [0.25, 0.3) is 10.1 Å². The largest absolute Gasteiger partial charge is 0.397 e. The smallest absolute Gasteiger partial charge is 0.263 e. The third-order valence-electron chi connectivity index (χ3n) is 3.24. The summed E-state index contributed by atoms with van der Waals surface area (Å²) in [6, 6.07) is 5.99. The highest BCUT2D eigenvalue weighted by Gasteiger charge is 2.21. The number of fused-ring (bicyclic) bond motifs is 1. The van der Waals surface area contributed by atoms with Crippen molar-refractivity contribution in [3.63, 3.8) is 0 Å². The van der Waals surface area contributed by atoms with Gasteiger partial charge in [0.1, 0.15) is 4.88 Å². The molecule has 0 atom stereocenters. The molecule has 108 valence electrons. The molecule has 4 N–H and O–H groups in total. The Morgan fingerprint density at radius 3 is 2.80 bits per heavy atom. The van der Waals surface area contributed by atoms with Gasteiger partial charge in [0, 0.05) is 28.7 Å². The zero-order valence-electron chi connectivity index (χ0n) is 12.0. The van der Waals surface area contributed by atoms with Gasteiger partial charge in [-0.05, 0) is 19.1 Å². The molecule has 2 rings (SSSR count). The van der Waals surface area contributed by atoms with Crippen LogP contribution in [0.5, 0.6) is 0 Å². The van der Waals surface area contributed by atoms with Crippen LogP contribution >= 0.6 is 11.3 Å². The van der Waals surface area contributed by atoms with Crippen molar-refractivity contribution in [2.24, 2.45) is 5.41 Å². The summed E-state index contributed by atoms with van der Waals surface area (Å²) in [7, 11) is 0. The van der Waals surface area contributed by atoms with E-state index < -0.39 is 0 Å². The lowest BCUT2D eigenvalue weighted by atomic mass is 9.95. The van der Waals surface area contributed by atoms with Gasteiger partial charge >= 0.3 is 0 Å². The number of hydrogen-bond donors (Lipinski definition) is 3. The van der Waals surface area contributed by atoms with Gasteiger partial charge in [0.2, 0.25) is 0 Å². The second-order valence-electron chi connectivity index (χ2n) is 5.85. The van der Waals surface area contributed by atoms with Gasteiger partial charge in [0.15, 0.2) is 0 Å². The molecule has 4 nitrogen and oxygen atoms in total. The van der Waals surface area contributed by atoms with Crippen LogP contribution < -0.4 is 11.1 Å². The Morgan fingerprint density at radius 2 is 2.15 bits per heavy atom. The number of aliphatic hydroxyl groups excluding tert-OH is 1. The van der Waals surface area contributed by atoms with Gasteiger partial charge in [0.05, 0.1) is 5.69 Å². The summed E-state index contributed by atoms with van der Waals surface area (Å²) < 4.78 is 1.01. The number of benzene rings is 1. The molecule has 20 heavy (non-hydrogen) atoms. The number of carbonyl (C=O) groups excluding carboxylic acids is 1. The summed E-state index contributed by atoms with van der Waals surface area (Å²) in [5.74, 6) is -0.178. The number of carbonyl (C=O) groups is 1. The molecule has 0 aliphatic rings. The van der Waals surface area contributed by atoms with Crippen molar-refractivity contribution in [1.82, 2.24) is 5.32 Å². The van der Waals surface area contributed by atoms with Crippen molar-refractivity contribution in [3.8, 4) is 0 Å². The van der Waals surface area contributed by atoms with Gasteiger partial charge in [-0.3, -0.25) is 4.79 Å². The van der Waals surface area contributed by atoms with Gasteiger partial charge in [-0.2, -0.15) is 0 Å². The highest BCUT2D eigenvalue weighted by atomic mass is 32.1. The predicted octanol–water partition coefficient (Wildman–Crippen LogP) is 2.54. The fourth-order valence-corrected chi connectivity index (χ4v) is 2.87. The second kappa shape index (κ2) is 5.42. The van der Waals surface area contributed by atoms with E-state index in [2.05, 4.69) is 5.32 Å². The first-order chi connectivity index (χ1) is 9.34. The maximum Gasteiger partial charge on any atom is 0.263 e. The molecule has 2 aromatic rings. The monoisotopic (exact) mass is 292 g/mol. The summed E-state index contributed by atoms with van der Waals surface area (Å²) in [6.07, 6.45) is 0. The molecule has 0 saturated carbocycles. The van der Waals surface area contributed by atoms with Crippen LogP contribution in [0, 0.1) is 12.3 Å². The molecule has 5 heteroatoms. The normalized spacial score (nSPS) is 11.8. The van der Waals surface area contributed by atoms with Gasteiger partial charge in [0.25, 0.3) is 5.91 Å². The number of thiophene rings is 1. The molecule has 1 aromatic heterocycles. The Balaban J connectivity index is 2.25. The maximum atomic E-state index is 12.2. The molecule has 0 saturated heterocycles.